The summed E-state index contributed by atoms with van der Waals surface area (Å²) in [5.41, 5.74) is 4.37. The van der Waals surface area contributed by atoms with Gasteiger partial charge in [-0.15, -0.1) is 5.10 Å². The topological polar surface area (TPSA) is 111 Å². The van der Waals surface area contributed by atoms with Crippen LogP contribution in [0, 0.1) is 5.92 Å². The van der Waals surface area contributed by atoms with Gasteiger partial charge in [0.05, 0.1) is 18.9 Å². The molecule has 1 saturated carbocycles. The second-order valence-electron chi connectivity index (χ2n) is 10.2. The summed E-state index contributed by atoms with van der Waals surface area (Å²) in [5.74, 6) is 1.79. The van der Waals surface area contributed by atoms with Crippen LogP contribution >= 0.6 is 0 Å². The summed E-state index contributed by atoms with van der Waals surface area (Å²) in [6, 6.07) is 17.9. The zero-order valence-electron chi connectivity index (χ0n) is 21.5. The molecule has 4 aromatic rings. The van der Waals surface area contributed by atoms with Crippen LogP contribution in [0.15, 0.2) is 70.2 Å². The number of rotatable bonds is 7. The van der Waals surface area contributed by atoms with Gasteiger partial charge in [0.1, 0.15) is 5.56 Å². The minimum Gasteiger partial charge on any atom is -0.403 e. The molecule has 1 saturated heterocycles. The number of ether oxygens (including phenoxy) is 1. The van der Waals surface area contributed by atoms with Crippen molar-refractivity contribution < 1.29 is 13.9 Å². The van der Waals surface area contributed by atoms with Gasteiger partial charge >= 0.3 is 6.01 Å². The fourth-order valence-corrected chi connectivity index (χ4v) is 5.14. The summed E-state index contributed by atoms with van der Waals surface area (Å²) in [6.07, 6.45) is 3.85. The number of nitrogens with one attached hydrogen (secondary N) is 1. The van der Waals surface area contributed by atoms with Crippen LogP contribution in [0.3, 0.4) is 0 Å². The Hall–Kier alpha value is -4.31. The van der Waals surface area contributed by atoms with E-state index in [0.29, 0.717) is 25.0 Å². The first-order valence-electron chi connectivity index (χ1n) is 13.5. The molecule has 1 aliphatic carbocycles. The molecule has 0 spiro atoms. The highest BCUT2D eigenvalue weighted by Crippen LogP contribution is 2.34. The van der Waals surface area contributed by atoms with Crippen molar-refractivity contribution in [2.75, 3.05) is 36.5 Å². The molecule has 2 aromatic carbocycles. The van der Waals surface area contributed by atoms with Gasteiger partial charge in [-0.25, -0.2) is 0 Å². The molecule has 2 aliphatic heterocycles. The standard InChI is InChI=1S/C29H29N7O3/c37-24-16-21-8-4-5-9-22(21)25(20-6-2-1-3-7-20)30-26(24)31-29-33-32-28(39-29)23-18-36(17-19-10-11-19)34-27(23)35-12-14-38-15-13-35/h1-9,18-19,26H,10-17H2,(H,31,33)/t26-/m0/s1. The Labute approximate surface area is 225 Å². The van der Waals surface area contributed by atoms with E-state index in [1.54, 1.807) is 0 Å². The molecule has 0 unspecified atom stereocenters. The Balaban J connectivity index is 1.20. The van der Waals surface area contributed by atoms with Crippen molar-refractivity contribution in [3.05, 3.63) is 77.5 Å². The monoisotopic (exact) mass is 523 g/mol. The van der Waals surface area contributed by atoms with E-state index in [4.69, 9.17) is 19.2 Å². The maximum Gasteiger partial charge on any atom is 0.317 e. The average molecular weight is 524 g/mol. The molecule has 2 aromatic heterocycles. The Kier molecular flexibility index (Phi) is 6.16. The van der Waals surface area contributed by atoms with Crippen LogP contribution < -0.4 is 10.2 Å². The van der Waals surface area contributed by atoms with E-state index in [-0.39, 0.29) is 18.2 Å². The zero-order valence-corrected chi connectivity index (χ0v) is 21.5. The van der Waals surface area contributed by atoms with Crippen LogP contribution in [0.2, 0.25) is 0 Å². The third kappa shape index (κ3) is 4.95. The second-order valence-corrected chi connectivity index (χ2v) is 10.2. The van der Waals surface area contributed by atoms with E-state index in [1.807, 2.05) is 65.5 Å². The number of morpholine rings is 1. The van der Waals surface area contributed by atoms with Crippen LogP contribution in [0.1, 0.15) is 29.5 Å². The number of aromatic nitrogens is 4. The molecular weight excluding hydrogens is 494 g/mol. The lowest BCUT2D eigenvalue weighted by Crippen LogP contribution is -2.36. The lowest BCUT2D eigenvalue weighted by Gasteiger charge is -2.27. The number of nitrogens with zero attached hydrogens (tertiary/aromatic N) is 6. The second kappa shape index (κ2) is 10.1. The number of Topliss-reactive ketones (excluding diaryl/α,β-unsaturated/α-hetero) is 1. The van der Waals surface area contributed by atoms with Gasteiger partial charge in [0, 0.05) is 43.4 Å². The minimum atomic E-state index is -0.864. The molecular formula is C29H29N7O3. The van der Waals surface area contributed by atoms with Gasteiger partial charge in [-0.05, 0) is 24.3 Å². The van der Waals surface area contributed by atoms with E-state index < -0.39 is 6.17 Å². The Morgan fingerprint density at radius 2 is 1.74 bits per heavy atom. The molecule has 10 nitrogen and oxygen atoms in total. The van der Waals surface area contributed by atoms with Crippen molar-refractivity contribution in [1.82, 2.24) is 20.0 Å². The van der Waals surface area contributed by atoms with E-state index in [1.165, 1.54) is 12.8 Å². The van der Waals surface area contributed by atoms with E-state index >= 15 is 0 Å². The van der Waals surface area contributed by atoms with Crippen LogP contribution in [0.5, 0.6) is 0 Å². The number of aliphatic imine (C=N–C) groups is 1. The maximum atomic E-state index is 13.3. The molecule has 1 atom stereocenters. The molecule has 3 aliphatic rings. The summed E-state index contributed by atoms with van der Waals surface area (Å²) >= 11 is 0. The first-order valence-corrected chi connectivity index (χ1v) is 13.5. The Bertz CT molecular complexity index is 1520. The molecule has 0 radical (unpaired) electrons. The summed E-state index contributed by atoms with van der Waals surface area (Å²) in [5, 5.41) is 16.5. The van der Waals surface area contributed by atoms with Crippen molar-refractivity contribution in [3.63, 3.8) is 0 Å². The van der Waals surface area contributed by atoms with Crippen molar-refractivity contribution >= 4 is 23.3 Å². The summed E-state index contributed by atoms with van der Waals surface area (Å²) in [6.45, 7) is 3.69. The normalized spacial score (nSPS) is 19.4. The fraction of sp³-hybridized carbons (Fsp3) is 0.345. The third-order valence-electron chi connectivity index (χ3n) is 7.36. The SMILES string of the molecule is O=C1Cc2ccccc2C(c2ccccc2)=N[C@H]1Nc1nnc(-c2cn(CC3CC3)nc2N2CCOCC2)o1. The van der Waals surface area contributed by atoms with Gasteiger partial charge < -0.3 is 19.4 Å². The van der Waals surface area contributed by atoms with Crippen LogP contribution in [-0.2, 0) is 22.5 Å². The average Bonchev–Trinajstić information content (AvgIpc) is 3.53. The molecule has 7 rings (SSSR count). The van der Waals surface area contributed by atoms with Crippen molar-refractivity contribution in [2.24, 2.45) is 10.9 Å². The van der Waals surface area contributed by atoms with Crippen molar-refractivity contribution in [3.8, 4) is 11.5 Å². The third-order valence-corrected chi connectivity index (χ3v) is 7.36. The van der Waals surface area contributed by atoms with Gasteiger partial charge in [-0.1, -0.05) is 59.7 Å². The molecule has 1 N–H and O–H groups in total. The quantitative estimate of drug-likeness (QED) is 0.391. The number of carbonyl (C=O) groups is 1. The molecule has 0 amide bonds. The first-order chi connectivity index (χ1) is 19.2. The summed E-state index contributed by atoms with van der Waals surface area (Å²) in [4.78, 5) is 20.4. The highest BCUT2D eigenvalue weighted by atomic mass is 16.5. The van der Waals surface area contributed by atoms with Gasteiger partial charge in [-0.3, -0.25) is 14.5 Å². The van der Waals surface area contributed by atoms with Crippen molar-refractivity contribution in [2.45, 2.75) is 32.0 Å². The van der Waals surface area contributed by atoms with Crippen LogP contribution in [0.25, 0.3) is 11.5 Å². The van der Waals surface area contributed by atoms with E-state index in [9.17, 15) is 4.79 Å². The number of ketones is 1. The molecule has 2 fully saturated rings. The Morgan fingerprint density at radius 1 is 0.949 bits per heavy atom. The van der Waals surface area contributed by atoms with Crippen LogP contribution in [-0.4, -0.2) is 63.9 Å². The number of hydrogen-bond acceptors (Lipinski definition) is 9. The lowest BCUT2D eigenvalue weighted by molar-refractivity contribution is -0.119. The predicted octanol–water partition coefficient (Wildman–Crippen LogP) is 3.58. The fourth-order valence-electron chi connectivity index (χ4n) is 5.14. The number of anilines is 2. The molecule has 4 heterocycles. The van der Waals surface area contributed by atoms with Crippen molar-refractivity contribution in [1.29, 1.82) is 0 Å². The number of carbonyl (C=O) groups excluding carboxylic acids is 1. The molecule has 0 bridgehead atoms. The molecule has 39 heavy (non-hydrogen) atoms. The maximum absolute atomic E-state index is 13.3. The number of hydrogen-bond donors (Lipinski definition) is 1. The summed E-state index contributed by atoms with van der Waals surface area (Å²) < 4.78 is 13.6. The van der Waals surface area contributed by atoms with E-state index in [0.717, 1.165) is 53.4 Å². The first kappa shape index (κ1) is 23.8. The van der Waals surface area contributed by atoms with Gasteiger partial charge in [0.25, 0.3) is 5.89 Å². The highest BCUT2D eigenvalue weighted by molar-refractivity contribution is 6.16. The predicted molar refractivity (Wildman–Crippen MR) is 146 cm³/mol. The lowest BCUT2D eigenvalue weighted by atomic mass is 9.96. The van der Waals surface area contributed by atoms with E-state index in [2.05, 4.69) is 20.4 Å². The number of fused-ring (bicyclic) bond motifs is 1. The number of benzene rings is 2. The molecule has 10 heteroatoms. The summed E-state index contributed by atoms with van der Waals surface area (Å²) in [7, 11) is 0. The minimum absolute atomic E-state index is 0.0700. The zero-order chi connectivity index (χ0) is 26.2. The van der Waals surface area contributed by atoms with Gasteiger partial charge in [0.15, 0.2) is 17.8 Å². The Morgan fingerprint density at radius 3 is 2.56 bits per heavy atom. The smallest absolute Gasteiger partial charge is 0.317 e. The molecule has 198 valence electrons. The van der Waals surface area contributed by atoms with Gasteiger partial charge in [0.2, 0.25) is 0 Å². The van der Waals surface area contributed by atoms with Gasteiger partial charge in [-0.2, -0.15) is 5.10 Å². The van der Waals surface area contributed by atoms with Crippen LogP contribution in [0.4, 0.5) is 11.8 Å². The highest BCUT2D eigenvalue weighted by Gasteiger charge is 2.29. The largest absolute Gasteiger partial charge is 0.403 e.